The van der Waals surface area contributed by atoms with Gasteiger partial charge in [0.2, 0.25) is 0 Å². The van der Waals surface area contributed by atoms with Gasteiger partial charge in [0.1, 0.15) is 5.82 Å². The van der Waals surface area contributed by atoms with E-state index in [0.29, 0.717) is 18.5 Å². The van der Waals surface area contributed by atoms with Crippen LogP contribution in [0.25, 0.3) is 0 Å². The Morgan fingerprint density at radius 2 is 2.11 bits per heavy atom. The third kappa shape index (κ3) is 4.16. The number of amides is 1. The lowest BCUT2D eigenvalue weighted by Crippen LogP contribution is -2.33. The highest BCUT2D eigenvalue weighted by Gasteiger charge is 2.13. The second-order valence-electron chi connectivity index (χ2n) is 3.81. The number of hydrogen-bond acceptors (Lipinski definition) is 3. The third-order valence-corrected chi connectivity index (χ3v) is 2.38. The highest BCUT2D eigenvalue weighted by Crippen LogP contribution is 2.09. The molecule has 1 aromatic carbocycles. The van der Waals surface area contributed by atoms with Crippen molar-refractivity contribution < 1.29 is 18.7 Å². The summed E-state index contributed by atoms with van der Waals surface area (Å²) in [4.78, 5) is 22.2. The molecule has 0 radical (unpaired) electrons. The molecule has 0 spiro atoms. The first kappa shape index (κ1) is 14.2. The van der Waals surface area contributed by atoms with Gasteiger partial charge in [-0.3, -0.25) is 4.79 Å². The number of carbonyl (C=O) groups excluding carboxylic acids is 2. The van der Waals surface area contributed by atoms with Crippen LogP contribution >= 0.6 is 0 Å². The van der Waals surface area contributed by atoms with E-state index in [1.807, 2.05) is 0 Å². The summed E-state index contributed by atoms with van der Waals surface area (Å²) in [6.45, 7) is 3.79. The predicted octanol–water partition coefficient (Wildman–Crippen LogP) is 1.36. The van der Waals surface area contributed by atoms with Crippen LogP contribution in [0, 0.1) is 12.7 Å². The monoisotopic (exact) mass is 253 g/mol. The lowest BCUT2D eigenvalue weighted by molar-refractivity contribution is -0.154. The van der Waals surface area contributed by atoms with E-state index < -0.39 is 11.9 Å². The number of esters is 1. The molecule has 0 aliphatic carbocycles. The summed E-state index contributed by atoms with van der Waals surface area (Å²) in [7, 11) is 0. The summed E-state index contributed by atoms with van der Waals surface area (Å²) < 4.78 is 17.5. The van der Waals surface area contributed by atoms with Gasteiger partial charge in [0.15, 0.2) is 0 Å². The molecule has 0 unspecified atom stereocenters. The molecule has 0 aliphatic rings. The number of carbonyl (C=O) groups is 2. The first-order valence-corrected chi connectivity index (χ1v) is 5.74. The summed E-state index contributed by atoms with van der Waals surface area (Å²) in [5.74, 6) is -1.89. The van der Waals surface area contributed by atoms with Crippen molar-refractivity contribution in [3.8, 4) is 0 Å². The van der Waals surface area contributed by atoms with Gasteiger partial charge < -0.3 is 10.1 Å². The standard InChI is InChI=1S/C13H16FNO3/c1-3-18-13(17)12(16)15-7-6-10-4-5-11(14)9(2)8-10/h4-5,8H,3,6-7H2,1-2H3,(H,15,16). The van der Waals surface area contributed by atoms with E-state index in [0.717, 1.165) is 5.56 Å². The van der Waals surface area contributed by atoms with Crippen LogP contribution in [0.15, 0.2) is 18.2 Å². The molecule has 1 aromatic rings. The lowest BCUT2D eigenvalue weighted by Gasteiger charge is -2.05. The molecule has 98 valence electrons. The van der Waals surface area contributed by atoms with E-state index in [1.165, 1.54) is 6.07 Å². The fourth-order valence-electron chi connectivity index (χ4n) is 1.45. The Morgan fingerprint density at radius 3 is 2.72 bits per heavy atom. The average Bonchev–Trinajstić information content (AvgIpc) is 2.34. The molecular weight excluding hydrogens is 237 g/mol. The second kappa shape index (κ2) is 6.74. The minimum atomic E-state index is -0.882. The minimum absolute atomic E-state index is 0.170. The van der Waals surface area contributed by atoms with E-state index in [1.54, 1.807) is 26.0 Å². The fraction of sp³-hybridized carbons (Fsp3) is 0.385. The van der Waals surface area contributed by atoms with Crippen LogP contribution in [0.3, 0.4) is 0 Å². The molecule has 18 heavy (non-hydrogen) atoms. The normalized spacial score (nSPS) is 9.94. The van der Waals surface area contributed by atoms with Gasteiger partial charge in [0.05, 0.1) is 6.61 Å². The molecule has 4 nitrogen and oxygen atoms in total. The molecule has 0 heterocycles. The highest BCUT2D eigenvalue weighted by atomic mass is 19.1. The molecule has 0 saturated heterocycles. The van der Waals surface area contributed by atoms with Crippen molar-refractivity contribution in [2.75, 3.05) is 13.2 Å². The first-order valence-electron chi connectivity index (χ1n) is 5.74. The zero-order valence-electron chi connectivity index (χ0n) is 10.5. The molecule has 1 amide bonds. The zero-order valence-corrected chi connectivity index (χ0v) is 10.5. The molecule has 0 fully saturated rings. The van der Waals surface area contributed by atoms with Gasteiger partial charge in [-0.2, -0.15) is 0 Å². The molecule has 1 rings (SSSR count). The SMILES string of the molecule is CCOC(=O)C(=O)NCCc1ccc(F)c(C)c1. The summed E-state index contributed by atoms with van der Waals surface area (Å²) in [6.07, 6.45) is 0.534. The smallest absolute Gasteiger partial charge is 0.396 e. The molecule has 0 saturated carbocycles. The van der Waals surface area contributed by atoms with Crippen LogP contribution in [0.2, 0.25) is 0 Å². The Hall–Kier alpha value is -1.91. The molecule has 0 aliphatic heterocycles. The summed E-state index contributed by atoms with van der Waals surface area (Å²) in [6, 6.07) is 4.75. The first-order chi connectivity index (χ1) is 8.54. The van der Waals surface area contributed by atoms with Gasteiger partial charge in [0, 0.05) is 6.54 Å². The Kier molecular flexibility index (Phi) is 5.30. The van der Waals surface area contributed by atoms with Gasteiger partial charge >= 0.3 is 11.9 Å². The number of ether oxygens (including phenoxy) is 1. The average molecular weight is 253 g/mol. The van der Waals surface area contributed by atoms with Crippen LogP contribution in [-0.4, -0.2) is 25.0 Å². The largest absolute Gasteiger partial charge is 0.459 e. The van der Waals surface area contributed by atoms with Crippen LogP contribution < -0.4 is 5.32 Å². The third-order valence-electron chi connectivity index (χ3n) is 2.38. The van der Waals surface area contributed by atoms with Crippen LogP contribution in [0.1, 0.15) is 18.1 Å². The molecule has 1 N–H and O–H groups in total. The summed E-state index contributed by atoms with van der Waals surface area (Å²) >= 11 is 0. The number of aryl methyl sites for hydroxylation is 1. The van der Waals surface area contributed by atoms with Crippen molar-refractivity contribution in [3.63, 3.8) is 0 Å². The number of hydrogen-bond donors (Lipinski definition) is 1. The maximum Gasteiger partial charge on any atom is 0.396 e. The zero-order chi connectivity index (χ0) is 13.5. The maximum atomic E-state index is 13.0. The lowest BCUT2D eigenvalue weighted by atomic mass is 10.1. The Bertz CT molecular complexity index is 446. The van der Waals surface area contributed by atoms with Gasteiger partial charge in [-0.05, 0) is 37.5 Å². The number of halogens is 1. The minimum Gasteiger partial charge on any atom is -0.459 e. The molecule has 0 atom stereocenters. The van der Waals surface area contributed by atoms with E-state index in [9.17, 15) is 14.0 Å². The van der Waals surface area contributed by atoms with Gasteiger partial charge in [0.25, 0.3) is 0 Å². The van der Waals surface area contributed by atoms with E-state index in [2.05, 4.69) is 10.1 Å². The quantitative estimate of drug-likeness (QED) is 0.651. The second-order valence-corrected chi connectivity index (χ2v) is 3.81. The number of benzene rings is 1. The van der Waals surface area contributed by atoms with Crippen molar-refractivity contribution in [2.45, 2.75) is 20.3 Å². The van der Waals surface area contributed by atoms with Crippen molar-refractivity contribution in [3.05, 3.63) is 35.1 Å². The fourth-order valence-corrected chi connectivity index (χ4v) is 1.45. The van der Waals surface area contributed by atoms with Crippen LogP contribution in [-0.2, 0) is 20.7 Å². The topological polar surface area (TPSA) is 55.4 Å². The molecule has 0 bridgehead atoms. The Balaban J connectivity index is 2.39. The van der Waals surface area contributed by atoms with Crippen molar-refractivity contribution in [1.82, 2.24) is 5.32 Å². The molecule has 5 heteroatoms. The van der Waals surface area contributed by atoms with E-state index in [-0.39, 0.29) is 12.4 Å². The van der Waals surface area contributed by atoms with Crippen LogP contribution in [0.5, 0.6) is 0 Å². The predicted molar refractivity (Wildman–Crippen MR) is 64.5 cm³/mol. The Morgan fingerprint density at radius 1 is 1.39 bits per heavy atom. The summed E-state index contributed by atoms with van der Waals surface area (Å²) in [5, 5.41) is 2.44. The van der Waals surface area contributed by atoms with Gasteiger partial charge in [-0.25, -0.2) is 9.18 Å². The van der Waals surface area contributed by atoms with Crippen molar-refractivity contribution >= 4 is 11.9 Å². The van der Waals surface area contributed by atoms with Gasteiger partial charge in [-0.1, -0.05) is 12.1 Å². The van der Waals surface area contributed by atoms with E-state index >= 15 is 0 Å². The van der Waals surface area contributed by atoms with E-state index in [4.69, 9.17) is 0 Å². The highest BCUT2D eigenvalue weighted by molar-refractivity contribution is 6.32. The maximum absolute atomic E-state index is 13.0. The van der Waals surface area contributed by atoms with Crippen LogP contribution in [0.4, 0.5) is 4.39 Å². The van der Waals surface area contributed by atoms with Crippen molar-refractivity contribution in [2.24, 2.45) is 0 Å². The number of nitrogens with one attached hydrogen (secondary N) is 1. The van der Waals surface area contributed by atoms with Crippen molar-refractivity contribution in [1.29, 1.82) is 0 Å². The molecule has 0 aromatic heterocycles. The Labute approximate surface area is 105 Å². The summed E-state index contributed by atoms with van der Waals surface area (Å²) in [5.41, 5.74) is 1.46. The number of rotatable bonds is 4. The molecular formula is C13H16FNO3. The van der Waals surface area contributed by atoms with Gasteiger partial charge in [-0.15, -0.1) is 0 Å².